The average molecular weight is 282 g/mol. The van der Waals surface area contributed by atoms with E-state index in [1.165, 1.54) is 6.92 Å². The van der Waals surface area contributed by atoms with Gasteiger partial charge in [0.2, 0.25) is 0 Å². The third-order valence-corrected chi connectivity index (χ3v) is 2.27. The van der Waals surface area contributed by atoms with Crippen LogP contribution in [-0.4, -0.2) is 52.9 Å². The van der Waals surface area contributed by atoms with Gasteiger partial charge >= 0.3 is 14.0 Å². The summed E-state index contributed by atoms with van der Waals surface area (Å²) in [7, 11) is -2.57. The molecule has 0 aliphatic carbocycles. The standard InChI is InChI=1S/C6H13O5P.C4H6O2/c1-5(2-7)11-3-6(8)4-12(9)10;1-3(2)4(5)6/h5-8H,2-4H2,1H3;1H2,2H3,(H,5,6). The van der Waals surface area contributed by atoms with Crippen molar-refractivity contribution < 1.29 is 34.3 Å². The number of aliphatic hydroxyl groups excluding tert-OH is 2. The zero-order valence-electron chi connectivity index (χ0n) is 10.4. The molecule has 0 spiro atoms. The van der Waals surface area contributed by atoms with Crippen LogP contribution < -0.4 is 4.89 Å². The Kier molecular flexibility index (Phi) is 12.2. The first-order chi connectivity index (χ1) is 8.20. The maximum Gasteiger partial charge on any atom is 0.330 e. The van der Waals surface area contributed by atoms with Crippen LogP contribution in [0.5, 0.6) is 0 Å². The normalized spacial score (nSPS) is 13.9. The number of carboxylic acid groups (broad SMARTS) is 1. The van der Waals surface area contributed by atoms with E-state index in [-0.39, 0.29) is 31.1 Å². The Labute approximate surface area is 107 Å². The minimum absolute atomic E-state index is 0.0644. The van der Waals surface area contributed by atoms with E-state index in [9.17, 15) is 14.3 Å². The molecule has 3 N–H and O–H groups in total. The van der Waals surface area contributed by atoms with Crippen LogP contribution >= 0.6 is 8.03 Å². The molecule has 0 saturated heterocycles. The summed E-state index contributed by atoms with van der Waals surface area (Å²) in [6.45, 7) is 6.02. The van der Waals surface area contributed by atoms with Crippen molar-refractivity contribution in [2.45, 2.75) is 26.1 Å². The highest BCUT2D eigenvalue weighted by Crippen LogP contribution is 2.09. The first-order valence-corrected chi connectivity index (χ1v) is 6.48. The smallest absolute Gasteiger partial charge is 0.330 e. The number of rotatable bonds is 7. The highest BCUT2D eigenvalue weighted by Gasteiger charge is 2.13. The molecule has 7 nitrogen and oxygen atoms in total. The second-order valence-electron chi connectivity index (χ2n) is 3.58. The van der Waals surface area contributed by atoms with Crippen molar-refractivity contribution in [3.8, 4) is 0 Å². The van der Waals surface area contributed by atoms with E-state index in [2.05, 4.69) is 6.58 Å². The van der Waals surface area contributed by atoms with Gasteiger partial charge in [-0.3, -0.25) is 0 Å². The van der Waals surface area contributed by atoms with Crippen LogP contribution in [0.1, 0.15) is 13.8 Å². The SMILES string of the molecule is C=C(C)C(=O)O.CC(CO)OCC(O)C[P+](=O)[O-]. The lowest BCUT2D eigenvalue weighted by atomic mass is 10.4. The number of hydrogen-bond donors (Lipinski definition) is 3. The molecule has 0 bridgehead atoms. The fraction of sp³-hybridized carbons (Fsp3) is 0.700. The summed E-state index contributed by atoms with van der Waals surface area (Å²) in [6, 6.07) is 0. The van der Waals surface area contributed by atoms with Crippen LogP contribution in [-0.2, 0) is 14.1 Å². The molecule has 0 aromatic carbocycles. The van der Waals surface area contributed by atoms with E-state index in [1.54, 1.807) is 6.92 Å². The Morgan fingerprint density at radius 1 is 1.56 bits per heavy atom. The Morgan fingerprint density at radius 2 is 2.00 bits per heavy atom. The molecule has 0 aliphatic rings. The molecular weight excluding hydrogens is 263 g/mol. The molecule has 0 saturated carbocycles. The maximum atomic E-state index is 10.1. The van der Waals surface area contributed by atoms with E-state index in [4.69, 9.17) is 20.1 Å². The fourth-order valence-electron chi connectivity index (χ4n) is 0.553. The van der Waals surface area contributed by atoms with Gasteiger partial charge in [0.15, 0.2) is 6.16 Å². The van der Waals surface area contributed by atoms with Crippen LogP contribution in [0.15, 0.2) is 12.2 Å². The largest absolute Gasteiger partial charge is 0.595 e. The molecule has 0 rings (SSSR count). The summed E-state index contributed by atoms with van der Waals surface area (Å²) in [5, 5.41) is 25.4. The highest BCUT2D eigenvalue weighted by atomic mass is 31.1. The van der Waals surface area contributed by atoms with Gasteiger partial charge in [0.05, 0.1) is 19.3 Å². The van der Waals surface area contributed by atoms with Gasteiger partial charge in [0.25, 0.3) is 0 Å². The Balaban J connectivity index is 0. The Hall–Kier alpha value is -0.850. The predicted molar refractivity (Wildman–Crippen MR) is 63.4 cm³/mol. The van der Waals surface area contributed by atoms with E-state index in [1.807, 2.05) is 0 Å². The van der Waals surface area contributed by atoms with Crippen LogP contribution in [0, 0.1) is 0 Å². The van der Waals surface area contributed by atoms with Gasteiger partial charge in [-0.05, 0) is 13.8 Å². The molecule has 3 unspecified atom stereocenters. The van der Waals surface area contributed by atoms with Gasteiger partial charge in [-0.1, -0.05) is 11.1 Å². The summed E-state index contributed by atoms with van der Waals surface area (Å²) in [5.41, 5.74) is 0.176. The van der Waals surface area contributed by atoms with Gasteiger partial charge in [0.1, 0.15) is 6.10 Å². The summed E-state index contributed by atoms with van der Waals surface area (Å²) in [5.74, 6) is -0.935. The van der Waals surface area contributed by atoms with Crippen molar-refractivity contribution in [2.75, 3.05) is 19.4 Å². The quantitative estimate of drug-likeness (QED) is 0.424. The number of carbonyl (C=O) groups is 1. The first kappa shape index (κ1) is 19.5. The second-order valence-corrected chi connectivity index (χ2v) is 4.61. The molecule has 0 heterocycles. The average Bonchev–Trinajstić information content (AvgIpc) is 2.25. The molecular formula is C10H19O7P. The topological polar surface area (TPSA) is 127 Å². The number of ether oxygens (including phenoxy) is 1. The van der Waals surface area contributed by atoms with Crippen LogP contribution in [0.2, 0.25) is 0 Å². The second kappa shape index (κ2) is 11.3. The lowest BCUT2D eigenvalue weighted by molar-refractivity contribution is -0.165. The molecule has 8 heteroatoms. The molecule has 0 amide bonds. The number of aliphatic hydroxyl groups is 2. The van der Waals surface area contributed by atoms with Crippen molar-refractivity contribution in [1.29, 1.82) is 0 Å². The summed E-state index contributed by atoms with van der Waals surface area (Å²) >= 11 is 0. The van der Waals surface area contributed by atoms with Gasteiger partial charge < -0.3 is 24.9 Å². The van der Waals surface area contributed by atoms with Gasteiger partial charge in [-0.15, -0.1) is 0 Å². The lowest BCUT2D eigenvalue weighted by Crippen LogP contribution is -2.24. The monoisotopic (exact) mass is 282 g/mol. The molecule has 3 atom stereocenters. The van der Waals surface area contributed by atoms with Crippen molar-refractivity contribution >= 4 is 14.0 Å². The van der Waals surface area contributed by atoms with E-state index >= 15 is 0 Å². The zero-order valence-corrected chi connectivity index (χ0v) is 11.3. The van der Waals surface area contributed by atoms with Crippen LogP contribution in [0.4, 0.5) is 0 Å². The van der Waals surface area contributed by atoms with Gasteiger partial charge in [-0.25, -0.2) is 4.79 Å². The van der Waals surface area contributed by atoms with Crippen molar-refractivity contribution in [2.24, 2.45) is 0 Å². The molecule has 106 valence electrons. The highest BCUT2D eigenvalue weighted by molar-refractivity contribution is 7.36. The number of carboxylic acids is 1. The Morgan fingerprint density at radius 3 is 2.28 bits per heavy atom. The molecule has 18 heavy (non-hydrogen) atoms. The van der Waals surface area contributed by atoms with Gasteiger partial charge in [0, 0.05) is 5.57 Å². The molecule has 0 aromatic rings. The molecule has 0 fully saturated rings. The third kappa shape index (κ3) is 15.1. The van der Waals surface area contributed by atoms with Crippen molar-refractivity contribution in [1.82, 2.24) is 0 Å². The minimum atomic E-state index is -2.57. The molecule has 0 radical (unpaired) electrons. The maximum absolute atomic E-state index is 10.1. The van der Waals surface area contributed by atoms with Crippen LogP contribution in [0.25, 0.3) is 0 Å². The van der Waals surface area contributed by atoms with Gasteiger partial charge in [-0.2, -0.15) is 0 Å². The fourth-order valence-corrected chi connectivity index (χ4v) is 1.00. The lowest BCUT2D eigenvalue weighted by Gasteiger charge is -2.11. The van der Waals surface area contributed by atoms with E-state index in [0.717, 1.165) is 0 Å². The summed E-state index contributed by atoms with van der Waals surface area (Å²) in [6.07, 6.45) is -1.67. The van der Waals surface area contributed by atoms with Crippen LogP contribution in [0.3, 0.4) is 0 Å². The summed E-state index contributed by atoms with van der Waals surface area (Å²) in [4.78, 5) is 19.7. The number of aliphatic carboxylic acids is 1. The summed E-state index contributed by atoms with van der Waals surface area (Å²) < 4.78 is 15.0. The Bertz CT molecular complexity index is 267. The molecule has 0 aliphatic heterocycles. The predicted octanol–water partition coefficient (Wildman–Crippen LogP) is -0.506. The van der Waals surface area contributed by atoms with Crippen molar-refractivity contribution in [3.63, 3.8) is 0 Å². The molecule has 0 aromatic heterocycles. The zero-order chi connectivity index (χ0) is 14.7. The number of hydrogen-bond acceptors (Lipinski definition) is 6. The minimum Gasteiger partial charge on any atom is -0.595 e. The van der Waals surface area contributed by atoms with E-state index < -0.39 is 20.1 Å². The first-order valence-electron chi connectivity index (χ1n) is 5.11. The van der Waals surface area contributed by atoms with Crippen molar-refractivity contribution in [3.05, 3.63) is 12.2 Å². The third-order valence-electron chi connectivity index (χ3n) is 1.56. The van der Waals surface area contributed by atoms with E-state index in [0.29, 0.717) is 0 Å².